The van der Waals surface area contributed by atoms with E-state index >= 15 is 0 Å². The first-order valence-corrected chi connectivity index (χ1v) is 7.29. The van der Waals surface area contributed by atoms with Gasteiger partial charge in [-0.3, -0.25) is 0 Å². The Morgan fingerprint density at radius 2 is 1.77 bits per heavy atom. The lowest BCUT2D eigenvalue weighted by Gasteiger charge is -2.30. The Hall–Kier alpha value is -1.98. The van der Waals surface area contributed by atoms with Crippen molar-refractivity contribution in [3.8, 4) is 5.75 Å². The highest BCUT2D eigenvalue weighted by Gasteiger charge is 2.41. The van der Waals surface area contributed by atoms with E-state index in [2.05, 4.69) is 0 Å². The van der Waals surface area contributed by atoms with E-state index in [1.54, 1.807) is 30.3 Å². The molecule has 3 rings (SSSR count). The lowest BCUT2D eigenvalue weighted by Crippen LogP contribution is -2.32. The van der Waals surface area contributed by atoms with Crippen molar-refractivity contribution in [3.63, 3.8) is 0 Å². The minimum Gasteiger partial charge on any atom is -0.618 e. The average molecular weight is 311 g/mol. The van der Waals surface area contributed by atoms with Gasteiger partial charge in [0.1, 0.15) is 5.75 Å². The SMILES string of the molecule is [O-][n+]1cccc2c(OC3CCC(C(F)(F)F)CC3)cccc21. The molecule has 1 saturated carbocycles. The monoisotopic (exact) mass is 311 g/mol. The number of aromatic nitrogens is 1. The van der Waals surface area contributed by atoms with Gasteiger partial charge in [0.05, 0.1) is 17.4 Å². The Bertz CT molecular complexity index is 664. The van der Waals surface area contributed by atoms with E-state index in [4.69, 9.17) is 4.74 Å². The van der Waals surface area contributed by atoms with E-state index in [-0.39, 0.29) is 18.9 Å². The highest BCUT2D eigenvalue weighted by molar-refractivity contribution is 5.82. The Balaban J connectivity index is 1.74. The molecule has 22 heavy (non-hydrogen) atoms. The molecule has 0 spiro atoms. The third-order valence-electron chi connectivity index (χ3n) is 4.20. The number of nitrogens with zero attached hydrogens (tertiary/aromatic N) is 1. The van der Waals surface area contributed by atoms with Gasteiger partial charge in [0, 0.05) is 12.1 Å². The Kier molecular flexibility index (Phi) is 3.85. The molecule has 3 nitrogen and oxygen atoms in total. The molecule has 0 aliphatic heterocycles. The first kappa shape index (κ1) is 14.9. The maximum Gasteiger partial charge on any atom is 0.391 e. The number of hydrogen-bond acceptors (Lipinski definition) is 2. The van der Waals surface area contributed by atoms with Gasteiger partial charge < -0.3 is 9.94 Å². The van der Waals surface area contributed by atoms with Crippen LogP contribution in [0.5, 0.6) is 5.75 Å². The van der Waals surface area contributed by atoms with Crippen LogP contribution in [0.1, 0.15) is 25.7 Å². The van der Waals surface area contributed by atoms with Crippen molar-refractivity contribution in [2.45, 2.75) is 38.0 Å². The minimum absolute atomic E-state index is 0.0977. The van der Waals surface area contributed by atoms with Gasteiger partial charge in [-0.05, 0) is 37.8 Å². The van der Waals surface area contributed by atoms with Crippen molar-refractivity contribution in [1.29, 1.82) is 0 Å². The van der Waals surface area contributed by atoms with Crippen molar-refractivity contribution in [1.82, 2.24) is 0 Å². The molecule has 1 fully saturated rings. The molecule has 0 radical (unpaired) electrons. The summed E-state index contributed by atoms with van der Waals surface area (Å²) < 4.78 is 44.6. The van der Waals surface area contributed by atoms with Crippen LogP contribution in [0, 0.1) is 11.1 Å². The summed E-state index contributed by atoms with van der Waals surface area (Å²) in [5, 5.41) is 12.4. The van der Waals surface area contributed by atoms with E-state index in [1.165, 1.54) is 6.20 Å². The number of hydrogen-bond donors (Lipinski definition) is 0. The number of alkyl halides is 3. The van der Waals surface area contributed by atoms with Crippen LogP contribution in [0.15, 0.2) is 36.5 Å². The molecule has 0 atom stereocenters. The Morgan fingerprint density at radius 1 is 1.05 bits per heavy atom. The zero-order valence-corrected chi connectivity index (χ0v) is 11.8. The van der Waals surface area contributed by atoms with Crippen molar-refractivity contribution < 1.29 is 22.6 Å². The first-order chi connectivity index (χ1) is 10.4. The van der Waals surface area contributed by atoms with Crippen LogP contribution in [-0.2, 0) is 0 Å². The molecule has 118 valence electrons. The third kappa shape index (κ3) is 2.96. The smallest absolute Gasteiger partial charge is 0.391 e. The molecule has 1 aromatic carbocycles. The fourth-order valence-corrected chi connectivity index (χ4v) is 2.98. The van der Waals surface area contributed by atoms with Crippen molar-refractivity contribution >= 4 is 10.9 Å². The van der Waals surface area contributed by atoms with E-state index in [9.17, 15) is 18.4 Å². The average Bonchev–Trinajstić information content (AvgIpc) is 2.48. The van der Waals surface area contributed by atoms with Crippen molar-refractivity contribution in [3.05, 3.63) is 41.7 Å². The van der Waals surface area contributed by atoms with E-state index in [1.807, 2.05) is 0 Å². The van der Waals surface area contributed by atoms with E-state index in [0.29, 0.717) is 29.5 Å². The summed E-state index contributed by atoms with van der Waals surface area (Å²) in [5.74, 6) is -0.665. The zero-order valence-electron chi connectivity index (χ0n) is 11.8. The van der Waals surface area contributed by atoms with Crippen LogP contribution < -0.4 is 9.47 Å². The molecular formula is C16H16F3NO2. The molecule has 0 N–H and O–H groups in total. The molecule has 0 amide bonds. The van der Waals surface area contributed by atoms with Crippen LogP contribution in [0.4, 0.5) is 13.2 Å². The highest BCUT2D eigenvalue weighted by atomic mass is 19.4. The summed E-state index contributed by atoms with van der Waals surface area (Å²) >= 11 is 0. The van der Waals surface area contributed by atoms with Gasteiger partial charge in [-0.25, -0.2) is 0 Å². The van der Waals surface area contributed by atoms with Crippen LogP contribution >= 0.6 is 0 Å². The number of ether oxygens (including phenoxy) is 1. The minimum atomic E-state index is -4.11. The molecule has 0 unspecified atom stereocenters. The standard InChI is InChI=1S/C16H16F3NO2/c17-16(18,19)11-6-8-12(9-7-11)22-15-5-1-4-14-13(15)3-2-10-20(14)21/h1-5,10-12H,6-9H2. The number of halogens is 3. The number of pyridine rings is 1. The normalized spacial score (nSPS) is 22.7. The second kappa shape index (κ2) is 5.66. The molecule has 0 bridgehead atoms. The van der Waals surface area contributed by atoms with Gasteiger partial charge in [-0.2, -0.15) is 17.9 Å². The van der Waals surface area contributed by atoms with Gasteiger partial charge in [0.25, 0.3) is 0 Å². The predicted octanol–water partition coefficient (Wildman–Crippen LogP) is 3.97. The fourth-order valence-electron chi connectivity index (χ4n) is 2.98. The molecule has 2 aromatic rings. The summed E-state index contributed by atoms with van der Waals surface area (Å²) in [6, 6.07) is 8.56. The Morgan fingerprint density at radius 3 is 2.45 bits per heavy atom. The highest BCUT2D eigenvalue weighted by Crippen LogP contribution is 2.39. The first-order valence-electron chi connectivity index (χ1n) is 7.29. The summed E-state index contributed by atoms with van der Waals surface area (Å²) in [4.78, 5) is 0. The molecule has 6 heteroatoms. The van der Waals surface area contributed by atoms with Crippen molar-refractivity contribution in [2.75, 3.05) is 0 Å². The molecular weight excluding hydrogens is 295 g/mol. The van der Waals surface area contributed by atoms with Gasteiger partial charge in [-0.15, -0.1) is 0 Å². The molecule has 0 saturated heterocycles. The quantitative estimate of drug-likeness (QED) is 0.621. The fraction of sp³-hybridized carbons (Fsp3) is 0.438. The van der Waals surface area contributed by atoms with Crippen LogP contribution in [0.2, 0.25) is 0 Å². The summed E-state index contributed by atoms with van der Waals surface area (Å²) in [6.45, 7) is 0. The lowest BCUT2D eigenvalue weighted by atomic mass is 9.87. The molecule has 1 aliphatic carbocycles. The second-order valence-electron chi connectivity index (χ2n) is 5.66. The van der Waals surface area contributed by atoms with Gasteiger partial charge in [0.2, 0.25) is 5.52 Å². The lowest BCUT2D eigenvalue weighted by molar-refractivity contribution is -0.577. The largest absolute Gasteiger partial charge is 0.618 e. The zero-order chi connectivity index (χ0) is 15.7. The number of fused-ring (bicyclic) bond motifs is 1. The molecule has 1 heterocycles. The van der Waals surface area contributed by atoms with Crippen LogP contribution in [0.3, 0.4) is 0 Å². The summed E-state index contributed by atoms with van der Waals surface area (Å²) in [5.41, 5.74) is 0.490. The van der Waals surface area contributed by atoms with Crippen LogP contribution in [-0.4, -0.2) is 12.3 Å². The van der Waals surface area contributed by atoms with Crippen LogP contribution in [0.25, 0.3) is 10.9 Å². The third-order valence-corrected chi connectivity index (χ3v) is 4.20. The summed E-state index contributed by atoms with van der Waals surface area (Å²) in [6.07, 6.45) is -1.99. The predicted molar refractivity (Wildman–Crippen MR) is 75.3 cm³/mol. The topological polar surface area (TPSA) is 36.2 Å². The maximum absolute atomic E-state index is 12.7. The molecule has 1 aromatic heterocycles. The van der Waals surface area contributed by atoms with E-state index in [0.717, 1.165) is 4.73 Å². The summed E-state index contributed by atoms with van der Waals surface area (Å²) in [7, 11) is 0. The number of rotatable bonds is 2. The van der Waals surface area contributed by atoms with Gasteiger partial charge >= 0.3 is 6.18 Å². The second-order valence-corrected chi connectivity index (χ2v) is 5.66. The molecule has 1 aliphatic rings. The maximum atomic E-state index is 12.7. The number of benzene rings is 1. The Labute approximate surface area is 125 Å². The van der Waals surface area contributed by atoms with Crippen molar-refractivity contribution in [2.24, 2.45) is 5.92 Å². The van der Waals surface area contributed by atoms with Gasteiger partial charge in [0.15, 0.2) is 6.20 Å². The van der Waals surface area contributed by atoms with Gasteiger partial charge in [-0.1, -0.05) is 6.07 Å². The van der Waals surface area contributed by atoms with E-state index < -0.39 is 12.1 Å².